The number of benzene rings is 2. The van der Waals surface area contributed by atoms with Crippen molar-refractivity contribution in [2.45, 2.75) is 45.6 Å². The monoisotopic (exact) mass is 420 g/mol. The molecular formula is C23H23F3O4. The summed E-state index contributed by atoms with van der Waals surface area (Å²) in [5, 5.41) is 0. The van der Waals surface area contributed by atoms with E-state index >= 15 is 0 Å². The summed E-state index contributed by atoms with van der Waals surface area (Å²) in [6.45, 7) is 3.31. The van der Waals surface area contributed by atoms with Crippen molar-refractivity contribution < 1.29 is 32.2 Å². The molecule has 30 heavy (non-hydrogen) atoms. The molecule has 7 heteroatoms. The van der Waals surface area contributed by atoms with Crippen LogP contribution in [0.1, 0.15) is 54.5 Å². The Labute approximate surface area is 173 Å². The second-order valence-corrected chi connectivity index (χ2v) is 7.56. The third kappa shape index (κ3) is 5.08. The first kappa shape index (κ1) is 22.0. The number of rotatable bonds is 6. The highest BCUT2D eigenvalue weighted by Crippen LogP contribution is 2.36. The Balaban J connectivity index is 1.68. The maximum Gasteiger partial charge on any atom is 0.316 e. The van der Waals surface area contributed by atoms with Gasteiger partial charge >= 0.3 is 5.97 Å². The lowest BCUT2D eigenvalue weighted by Gasteiger charge is -2.28. The lowest BCUT2D eigenvalue weighted by atomic mass is 9.94. The van der Waals surface area contributed by atoms with Gasteiger partial charge in [-0.3, -0.25) is 9.59 Å². The minimum Gasteiger partial charge on any atom is -0.426 e. The molecule has 1 fully saturated rings. The Morgan fingerprint density at radius 3 is 2.40 bits per heavy atom. The highest BCUT2D eigenvalue weighted by molar-refractivity contribution is 5.79. The smallest absolute Gasteiger partial charge is 0.316 e. The van der Waals surface area contributed by atoms with Crippen LogP contribution < -0.4 is 4.74 Å². The van der Waals surface area contributed by atoms with Crippen LogP contribution in [0, 0.1) is 18.7 Å². The Hall–Kier alpha value is -2.67. The summed E-state index contributed by atoms with van der Waals surface area (Å²) in [4.78, 5) is 23.7. The fraction of sp³-hybridized carbons (Fsp3) is 0.391. The molecule has 2 aromatic carbocycles. The molecule has 0 amide bonds. The number of aryl methyl sites for hydroxylation is 1. The maximum absolute atomic E-state index is 14.5. The molecule has 0 N–H and O–H groups in total. The first-order valence-corrected chi connectivity index (χ1v) is 9.75. The van der Waals surface area contributed by atoms with Crippen LogP contribution in [0.3, 0.4) is 0 Å². The van der Waals surface area contributed by atoms with Gasteiger partial charge in [-0.1, -0.05) is 35.9 Å². The van der Waals surface area contributed by atoms with Gasteiger partial charge in [0.05, 0.1) is 24.2 Å². The molecule has 0 spiro atoms. The van der Waals surface area contributed by atoms with Gasteiger partial charge in [0.2, 0.25) is 0 Å². The predicted molar refractivity (Wildman–Crippen MR) is 104 cm³/mol. The molecule has 1 aliphatic heterocycles. The van der Waals surface area contributed by atoms with Crippen LogP contribution in [0.4, 0.5) is 13.2 Å². The van der Waals surface area contributed by atoms with E-state index in [2.05, 4.69) is 0 Å². The number of ketones is 1. The second-order valence-electron chi connectivity index (χ2n) is 7.56. The molecule has 2 atom stereocenters. The summed E-state index contributed by atoms with van der Waals surface area (Å²) in [6.07, 6.45) is -2.60. The van der Waals surface area contributed by atoms with Gasteiger partial charge in [-0.2, -0.15) is 0 Å². The summed E-state index contributed by atoms with van der Waals surface area (Å²) in [7, 11) is 0. The number of esters is 1. The largest absolute Gasteiger partial charge is 0.426 e. The van der Waals surface area contributed by atoms with Crippen molar-refractivity contribution in [3.63, 3.8) is 0 Å². The quantitative estimate of drug-likeness (QED) is 0.472. The fourth-order valence-corrected chi connectivity index (χ4v) is 3.49. The van der Waals surface area contributed by atoms with E-state index in [1.54, 1.807) is 0 Å². The molecule has 1 aliphatic rings. The minimum atomic E-state index is -3.19. The number of carbonyl (C=O) groups excluding carboxylic acids is 2. The van der Waals surface area contributed by atoms with Gasteiger partial charge in [-0.15, -0.1) is 0 Å². The van der Waals surface area contributed by atoms with Gasteiger partial charge in [0.1, 0.15) is 17.3 Å². The number of alkyl halides is 2. The maximum atomic E-state index is 14.5. The van der Waals surface area contributed by atoms with Crippen LogP contribution in [0.15, 0.2) is 36.4 Å². The number of halogens is 3. The molecule has 1 saturated heterocycles. The minimum absolute atomic E-state index is 0.0896. The van der Waals surface area contributed by atoms with E-state index in [-0.39, 0.29) is 30.5 Å². The summed E-state index contributed by atoms with van der Waals surface area (Å²) in [5.74, 6) is -3.47. The third-order valence-corrected chi connectivity index (χ3v) is 5.15. The Morgan fingerprint density at radius 1 is 1.13 bits per heavy atom. The van der Waals surface area contributed by atoms with Crippen molar-refractivity contribution in [2.24, 2.45) is 5.92 Å². The Bertz CT molecular complexity index is 917. The molecule has 3 rings (SSSR count). The molecule has 0 aromatic heterocycles. The lowest BCUT2D eigenvalue weighted by Crippen LogP contribution is -2.30. The topological polar surface area (TPSA) is 52.6 Å². The molecular weight excluding hydrogens is 397 g/mol. The van der Waals surface area contributed by atoms with E-state index < -0.39 is 35.4 Å². The Morgan fingerprint density at radius 2 is 1.83 bits per heavy atom. The number of hydrogen-bond acceptors (Lipinski definition) is 4. The average Bonchev–Trinajstić information content (AvgIpc) is 2.70. The Kier molecular flexibility index (Phi) is 6.92. The van der Waals surface area contributed by atoms with Crippen LogP contribution in [0.2, 0.25) is 0 Å². The zero-order valence-corrected chi connectivity index (χ0v) is 16.8. The van der Waals surface area contributed by atoms with Gasteiger partial charge in [0, 0.05) is 6.42 Å². The van der Waals surface area contributed by atoms with Gasteiger partial charge < -0.3 is 9.47 Å². The summed E-state index contributed by atoms with van der Waals surface area (Å²) in [5.41, 5.74) is 0.985. The SMILES string of the molecule is CC(=O)Cc1ccc(OC(=O)C2CCC(c3ccc(C)cc3)OC2)c(C(F)F)c1F. The number of Topliss-reactive ketones (excluding diaryl/α,β-unsaturated/α-hetero) is 1. The molecule has 160 valence electrons. The number of ether oxygens (including phenoxy) is 2. The van der Waals surface area contributed by atoms with Crippen molar-refractivity contribution in [2.75, 3.05) is 6.61 Å². The van der Waals surface area contributed by atoms with Crippen molar-refractivity contribution in [1.82, 2.24) is 0 Å². The van der Waals surface area contributed by atoms with Gasteiger partial charge in [0.15, 0.2) is 0 Å². The molecule has 0 radical (unpaired) electrons. The summed E-state index contributed by atoms with van der Waals surface area (Å²) < 4.78 is 52.2. The van der Waals surface area contributed by atoms with Crippen LogP contribution in [-0.2, 0) is 20.7 Å². The van der Waals surface area contributed by atoms with Crippen LogP contribution in [0.25, 0.3) is 0 Å². The lowest BCUT2D eigenvalue weighted by molar-refractivity contribution is -0.145. The van der Waals surface area contributed by atoms with E-state index in [4.69, 9.17) is 9.47 Å². The van der Waals surface area contributed by atoms with E-state index in [9.17, 15) is 22.8 Å². The summed E-state index contributed by atoms with van der Waals surface area (Å²) in [6, 6.07) is 10.2. The van der Waals surface area contributed by atoms with Crippen molar-refractivity contribution in [3.05, 3.63) is 64.5 Å². The second kappa shape index (κ2) is 9.43. The van der Waals surface area contributed by atoms with Crippen molar-refractivity contribution in [1.29, 1.82) is 0 Å². The number of carbonyl (C=O) groups is 2. The van der Waals surface area contributed by atoms with Crippen LogP contribution in [0.5, 0.6) is 5.75 Å². The highest BCUT2D eigenvalue weighted by Gasteiger charge is 2.31. The van der Waals surface area contributed by atoms with E-state index in [1.165, 1.54) is 13.0 Å². The highest BCUT2D eigenvalue weighted by atomic mass is 19.3. The van der Waals surface area contributed by atoms with E-state index in [0.29, 0.717) is 12.8 Å². The third-order valence-electron chi connectivity index (χ3n) is 5.15. The molecule has 0 bridgehead atoms. The average molecular weight is 420 g/mol. The zero-order valence-electron chi connectivity index (χ0n) is 16.8. The summed E-state index contributed by atoms with van der Waals surface area (Å²) >= 11 is 0. The van der Waals surface area contributed by atoms with Gasteiger partial charge in [-0.25, -0.2) is 13.2 Å². The molecule has 1 heterocycles. The normalized spacial score (nSPS) is 19.0. The van der Waals surface area contributed by atoms with Gasteiger partial charge in [-0.05, 0) is 43.9 Å². The predicted octanol–water partition coefficient (Wildman–Crippen LogP) is 5.28. The van der Waals surface area contributed by atoms with Crippen molar-refractivity contribution >= 4 is 11.8 Å². The van der Waals surface area contributed by atoms with Crippen LogP contribution >= 0.6 is 0 Å². The molecule has 0 saturated carbocycles. The first-order chi connectivity index (χ1) is 14.3. The molecule has 0 aliphatic carbocycles. The first-order valence-electron chi connectivity index (χ1n) is 9.75. The fourth-order valence-electron chi connectivity index (χ4n) is 3.49. The zero-order chi connectivity index (χ0) is 21.8. The van der Waals surface area contributed by atoms with Gasteiger partial charge in [0.25, 0.3) is 6.43 Å². The van der Waals surface area contributed by atoms with Crippen molar-refractivity contribution in [3.8, 4) is 5.75 Å². The molecule has 2 unspecified atom stereocenters. The standard InChI is InChI=1S/C23H23F3O4/c1-13-3-5-15(6-4-13)18-9-8-17(12-29-18)23(28)30-19-10-7-16(11-14(2)27)21(24)20(19)22(25)26/h3-7,10,17-18,22H,8-9,11-12H2,1-2H3. The molecule has 2 aromatic rings. The number of hydrogen-bond donors (Lipinski definition) is 0. The van der Waals surface area contributed by atoms with E-state index in [0.717, 1.165) is 17.2 Å². The van der Waals surface area contributed by atoms with E-state index in [1.807, 2.05) is 31.2 Å². The molecule has 4 nitrogen and oxygen atoms in total. The van der Waals surface area contributed by atoms with Crippen LogP contribution in [-0.4, -0.2) is 18.4 Å².